The van der Waals surface area contributed by atoms with Crippen molar-refractivity contribution in [2.24, 2.45) is 0 Å². The Morgan fingerprint density at radius 1 is 1.03 bits per heavy atom. The number of carbonyl (C=O) groups excluding carboxylic acids is 1. The molecule has 1 heterocycles. The fourth-order valence-electron chi connectivity index (χ4n) is 3.29. The van der Waals surface area contributed by atoms with Crippen molar-refractivity contribution >= 4 is 34.8 Å². The van der Waals surface area contributed by atoms with E-state index in [1.807, 2.05) is 11.9 Å². The number of halogens is 5. The summed E-state index contributed by atoms with van der Waals surface area (Å²) in [5.41, 5.74) is 6.47. The van der Waals surface area contributed by atoms with E-state index < -0.39 is 12.4 Å². The van der Waals surface area contributed by atoms with Crippen LogP contribution in [0.3, 0.4) is 0 Å². The quantitative estimate of drug-likeness (QED) is 0.607. The minimum Gasteiger partial charge on any atom is -0.406 e. The molecule has 1 fully saturated rings. The molecular weight excluding hydrogens is 456 g/mol. The lowest BCUT2D eigenvalue weighted by Gasteiger charge is -2.37. The van der Waals surface area contributed by atoms with Gasteiger partial charge in [-0.3, -0.25) is 20.5 Å². The van der Waals surface area contributed by atoms with Gasteiger partial charge in [-0.2, -0.15) is 0 Å². The third kappa shape index (κ3) is 6.90. The van der Waals surface area contributed by atoms with Crippen LogP contribution in [-0.2, 0) is 4.79 Å². The molecule has 2 aromatic carbocycles. The molecular formula is C20H21Cl2F3N4O2. The summed E-state index contributed by atoms with van der Waals surface area (Å²) in [5.74, 6) is -0.717. The topological polar surface area (TPSA) is 56.8 Å². The summed E-state index contributed by atoms with van der Waals surface area (Å²) in [7, 11) is 1.99. The third-order valence-electron chi connectivity index (χ3n) is 4.77. The number of anilines is 1. The van der Waals surface area contributed by atoms with Crippen LogP contribution in [0.15, 0.2) is 42.5 Å². The Labute approximate surface area is 187 Å². The number of piperazine rings is 1. The predicted molar refractivity (Wildman–Crippen MR) is 113 cm³/mol. The molecule has 31 heavy (non-hydrogen) atoms. The molecule has 2 aromatic rings. The average molecular weight is 477 g/mol. The molecule has 1 aliphatic heterocycles. The molecule has 0 spiro atoms. The number of amides is 1. The molecule has 3 rings (SSSR count). The van der Waals surface area contributed by atoms with Crippen molar-refractivity contribution in [1.82, 2.24) is 15.2 Å². The molecule has 1 aliphatic rings. The smallest absolute Gasteiger partial charge is 0.406 e. The first-order valence-corrected chi connectivity index (χ1v) is 10.2. The molecule has 1 saturated heterocycles. The maximum Gasteiger partial charge on any atom is 0.573 e. The van der Waals surface area contributed by atoms with Crippen LogP contribution in [0.4, 0.5) is 18.9 Å². The number of likely N-dealkylation sites (N-methyl/N-ethyl adjacent to an activating group) is 1. The molecule has 1 amide bonds. The molecule has 2 N–H and O–H groups in total. The Kier molecular flexibility index (Phi) is 7.53. The van der Waals surface area contributed by atoms with Crippen LogP contribution in [0, 0.1) is 0 Å². The molecule has 1 unspecified atom stereocenters. The first-order valence-electron chi connectivity index (χ1n) is 9.41. The van der Waals surface area contributed by atoms with Gasteiger partial charge in [-0.05, 0) is 42.9 Å². The molecule has 168 valence electrons. The lowest BCUT2D eigenvalue weighted by molar-refractivity contribution is -0.274. The zero-order valence-electron chi connectivity index (χ0n) is 16.5. The maximum atomic E-state index is 13.1. The Morgan fingerprint density at radius 3 is 2.16 bits per heavy atom. The highest BCUT2D eigenvalue weighted by molar-refractivity contribution is 6.35. The molecule has 0 aliphatic carbocycles. The number of benzene rings is 2. The van der Waals surface area contributed by atoms with Gasteiger partial charge in [0.15, 0.2) is 0 Å². The zero-order chi connectivity index (χ0) is 22.6. The van der Waals surface area contributed by atoms with Crippen molar-refractivity contribution in [3.8, 4) is 5.75 Å². The summed E-state index contributed by atoms with van der Waals surface area (Å²) >= 11 is 12.0. The Morgan fingerprint density at radius 2 is 1.61 bits per heavy atom. The van der Waals surface area contributed by atoms with E-state index in [1.165, 1.54) is 24.3 Å². The van der Waals surface area contributed by atoms with Gasteiger partial charge in [-0.25, -0.2) is 0 Å². The van der Waals surface area contributed by atoms with Gasteiger partial charge in [0.25, 0.3) is 5.91 Å². The molecule has 11 heteroatoms. The summed E-state index contributed by atoms with van der Waals surface area (Å²) < 4.78 is 41.3. The van der Waals surface area contributed by atoms with Crippen LogP contribution in [-0.4, -0.2) is 55.3 Å². The summed E-state index contributed by atoms with van der Waals surface area (Å²) in [5, 5.41) is 0.806. The first kappa shape index (κ1) is 23.5. The minimum absolute atomic E-state index is 0.347. The molecule has 0 aromatic heterocycles. The molecule has 1 atom stereocenters. The van der Waals surface area contributed by atoms with E-state index in [0.29, 0.717) is 34.4 Å². The Hall–Kier alpha value is -2.20. The van der Waals surface area contributed by atoms with Gasteiger partial charge in [-0.15, -0.1) is 13.2 Å². The monoisotopic (exact) mass is 476 g/mol. The summed E-state index contributed by atoms with van der Waals surface area (Å²) in [6.07, 6.45) is -4.78. The molecule has 6 nitrogen and oxygen atoms in total. The summed E-state index contributed by atoms with van der Waals surface area (Å²) in [6, 6.07) is 9.36. The molecule has 0 saturated carbocycles. The maximum absolute atomic E-state index is 13.1. The number of alkyl halides is 3. The summed E-state index contributed by atoms with van der Waals surface area (Å²) in [4.78, 5) is 17.2. The SMILES string of the molecule is CN1CCN(C(C(=O)NNc2cc(Cl)cc(Cl)c2)c2ccc(OC(F)(F)F)cc2)CC1. The van der Waals surface area contributed by atoms with E-state index in [4.69, 9.17) is 23.2 Å². The number of rotatable bonds is 6. The van der Waals surface area contributed by atoms with E-state index >= 15 is 0 Å². The summed E-state index contributed by atoms with van der Waals surface area (Å²) in [6.45, 7) is 2.77. The van der Waals surface area contributed by atoms with Gasteiger partial charge < -0.3 is 9.64 Å². The third-order valence-corrected chi connectivity index (χ3v) is 5.21. The van der Waals surface area contributed by atoms with Gasteiger partial charge in [0.05, 0.1) is 5.69 Å². The number of carbonyl (C=O) groups is 1. The highest BCUT2D eigenvalue weighted by atomic mass is 35.5. The van der Waals surface area contributed by atoms with Gasteiger partial charge in [-0.1, -0.05) is 35.3 Å². The number of hydrazine groups is 1. The predicted octanol–water partition coefficient (Wildman–Crippen LogP) is 4.32. The number of hydrogen-bond acceptors (Lipinski definition) is 5. The first-order chi connectivity index (χ1) is 14.6. The van der Waals surface area contributed by atoms with Gasteiger partial charge in [0.2, 0.25) is 0 Å². The van der Waals surface area contributed by atoms with Crippen molar-refractivity contribution in [3.05, 3.63) is 58.1 Å². The second-order valence-electron chi connectivity index (χ2n) is 7.13. The number of ether oxygens (including phenoxy) is 1. The van der Waals surface area contributed by atoms with Crippen molar-refractivity contribution in [3.63, 3.8) is 0 Å². The molecule has 0 radical (unpaired) electrons. The van der Waals surface area contributed by atoms with Crippen molar-refractivity contribution in [2.75, 3.05) is 38.7 Å². The van der Waals surface area contributed by atoms with E-state index in [1.54, 1.807) is 18.2 Å². The Bertz CT molecular complexity index is 884. The van der Waals surface area contributed by atoms with Crippen molar-refractivity contribution < 1.29 is 22.7 Å². The van der Waals surface area contributed by atoms with Gasteiger partial charge in [0, 0.05) is 36.2 Å². The zero-order valence-corrected chi connectivity index (χ0v) is 18.1. The van der Waals surface area contributed by atoms with E-state index in [-0.39, 0.29) is 11.7 Å². The van der Waals surface area contributed by atoms with Crippen LogP contribution >= 0.6 is 23.2 Å². The van der Waals surface area contributed by atoms with Gasteiger partial charge in [0.1, 0.15) is 11.8 Å². The second-order valence-corrected chi connectivity index (χ2v) is 8.00. The highest BCUT2D eigenvalue weighted by Crippen LogP contribution is 2.28. The fourth-order valence-corrected chi connectivity index (χ4v) is 3.81. The lowest BCUT2D eigenvalue weighted by atomic mass is 10.0. The second kappa shape index (κ2) is 9.95. The van der Waals surface area contributed by atoms with Crippen LogP contribution < -0.4 is 15.6 Å². The Balaban J connectivity index is 1.78. The van der Waals surface area contributed by atoms with Crippen LogP contribution in [0.2, 0.25) is 10.0 Å². The number of nitrogens with one attached hydrogen (secondary N) is 2. The number of nitrogens with zero attached hydrogens (tertiary/aromatic N) is 2. The van der Waals surface area contributed by atoms with Crippen molar-refractivity contribution in [1.29, 1.82) is 0 Å². The normalized spacial score (nSPS) is 16.6. The molecule has 0 bridgehead atoms. The van der Waals surface area contributed by atoms with Gasteiger partial charge >= 0.3 is 6.36 Å². The highest BCUT2D eigenvalue weighted by Gasteiger charge is 2.32. The standard InChI is InChI=1S/C20H21Cl2F3N4O2/c1-28-6-8-29(9-7-28)18(13-2-4-17(5-3-13)31-20(23,24)25)19(30)27-26-16-11-14(21)10-15(22)12-16/h2-5,10-12,18,26H,6-9H2,1H3,(H,27,30). The van der Waals surface area contributed by atoms with Crippen LogP contribution in [0.5, 0.6) is 5.75 Å². The lowest BCUT2D eigenvalue weighted by Crippen LogP contribution is -2.50. The van der Waals surface area contributed by atoms with Crippen LogP contribution in [0.1, 0.15) is 11.6 Å². The van der Waals surface area contributed by atoms with E-state index in [9.17, 15) is 18.0 Å². The average Bonchev–Trinajstić information content (AvgIpc) is 2.67. The number of hydrogen-bond donors (Lipinski definition) is 2. The minimum atomic E-state index is -4.78. The van der Waals surface area contributed by atoms with Crippen LogP contribution in [0.25, 0.3) is 0 Å². The van der Waals surface area contributed by atoms with Crippen molar-refractivity contribution in [2.45, 2.75) is 12.4 Å². The fraction of sp³-hybridized carbons (Fsp3) is 0.350. The largest absolute Gasteiger partial charge is 0.573 e. The van der Waals surface area contributed by atoms with E-state index in [0.717, 1.165) is 13.1 Å². The van der Waals surface area contributed by atoms with E-state index in [2.05, 4.69) is 20.5 Å².